The van der Waals surface area contributed by atoms with Crippen LogP contribution in [0.25, 0.3) is 0 Å². The van der Waals surface area contributed by atoms with Crippen LogP contribution in [0.4, 0.5) is 4.39 Å². The van der Waals surface area contributed by atoms with Crippen LogP contribution in [-0.4, -0.2) is 20.7 Å². The molecule has 1 unspecified atom stereocenters. The van der Waals surface area contributed by atoms with Gasteiger partial charge >= 0.3 is 5.97 Å². The highest BCUT2D eigenvalue weighted by Gasteiger charge is 2.23. The second kappa shape index (κ2) is 7.66. The van der Waals surface area contributed by atoms with Crippen molar-refractivity contribution >= 4 is 29.2 Å². The van der Waals surface area contributed by atoms with E-state index in [2.05, 4.69) is 10.1 Å². The molecule has 0 fully saturated rings. The number of esters is 1. The molecule has 0 bridgehead atoms. The maximum atomic E-state index is 13.4. The van der Waals surface area contributed by atoms with Crippen LogP contribution >= 0.6 is 23.2 Å². The lowest BCUT2D eigenvalue weighted by Gasteiger charge is -2.16. The molecule has 0 amide bonds. The summed E-state index contributed by atoms with van der Waals surface area (Å²) < 4.78 is 20.5. The molecule has 8 heteroatoms. The number of halogens is 3. The third-order valence-corrected chi connectivity index (χ3v) is 4.98. The van der Waals surface area contributed by atoms with E-state index in [0.29, 0.717) is 21.3 Å². The van der Waals surface area contributed by atoms with E-state index in [-0.39, 0.29) is 17.6 Å². The lowest BCUT2D eigenvalue weighted by atomic mass is 10.1. The Morgan fingerprint density at radius 1 is 1.19 bits per heavy atom. The summed E-state index contributed by atoms with van der Waals surface area (Å²) in [6.07, 6.45) is 1.21. The van der Waals surface area contributed by atoms with E-state index in [1.807, 2.05) is 19.9 Å². The summed E-state index contributed by atoms with van der Waals surface area (Å²) in [5.74, 6) is -1.07. The third-order valence-electron chi connectivity index (χ3n) is 4.24. The average Bonchev–Trinajstić information content (AvgIpc) is 2.91. The normalized spacial score (nSPS) is 12.1. The molecule has 0 saturated carbocycles. The first-order chi connectivity index (χ1) is 12.8. The van der Waals surface area contributed by atoms with Crippen LogP contribution in [0.3, 0.4) is 0 Å². The minimum atomic E-state index is -0.764. The van der Waals surface area contributed by atoms with E-state index >= 15 is 0 Å². The van der Waals surface area contributed by atoms with Crippen LogP contribution in [0.1, 0.15) is 40.3 Å². The van der Waals surface area contributed by atoms with Crippen LogP contribution in [0.2, 0.25) is 10.0 Å². The quantitative estimate of drug-likeness (QED) is 0.559. The molecule has 0 N–H and O–H groups in total. The van der Waals surface area contributed by atoms with Gasteiger partial charge < -0.3 is 4.74 Å². The summed E-state index contributed by atoms with van der Waals surface area (Å²) in [7, 11) is 0. The van der Waals surface area contributed by atoms with Crippen LogP contribution in [0.15, 0.2) is 36.5 Å². The number of aryl methyl sites for hydroxylation is 1. The lowest BCUT2D eigenvalue weighted by molar-refractivity contribution is 0.0708. The Balaban J connectivity index is 1.97. The number of hydrogen-bond acceptors (Lipinski definition) is 4. The van der Waals surface area contributed by atoms with Gasteiger partial charge in [0.15, 0.2) is 5.69 Å². The number of aromatic nitrogens is 3. The van der Waals surface area contributed by atoms with Crippen molar-refractivity contribution in [3.05, 3.63) is 74.9 Å². The Hall–Kier alpha value is -2.44. The van der Waals surface area contributed by atoms with E-state index in [4.69, 9.17) is 27.9 Å². The fourth-order valence-electron chi connectivity index (χ4n) is 2.56. The first kappa shape index (κ1) is 19.3. The lowest BCUT2D eigenvalue weighted by Crippen LogP contribution is -2.17. The van der Waals surface area contributed by atoms with Crippen molar-refractivity contribution in [3.8, 4) is 5.88 Å². The van der Waals surface area contributed by atoms with Gasteiger partial charge in [0.25, 0.3) is 0 Å². The monoisotopic (exact) mass is 407 g/mol. The number of hydrogen-bond donors (Lipinski definition) is 0. The van der Waals surface area contributed by atoms with Crippen molar-refractivity contribution < 1.29 is 13.9 Å². The fourth-order valence-corrected chi connectivity index (χ4v) is 2.87. The third kappa shape index (κ3) is 3.96. The molecule has 140 valence electrons. The van der Waals surface area contributed by atoms with Crippen molar-refractivity contribution in [2.24, 2.45) is 0 Å². The molecule has 1 atom stereocenters. The Labute approximate surface area is 165 Å². The molecule has 5 nitrogen and oxygen atoms in total. The smallest absolute Gasteiger partial charge is 0.363 e. The SMILES string of the molecule is Cc1nn(C(C)c2ccc(Cl)c(Cl)c2)c(OC(=O)c2cc(F)ccn2)c1C. The first-order valence-corrected chi connectivity index (χ1v) is 8.88. The van der Waals surface area contributed by atoms with Crippen LogP contribution in [0, 0.1) is 19.7 Å². The molecule has 0 saturated heterocycles. The highest BCUT2D eigenvalue weighted by Crippen LogP contribution is 2.32. The molecule has 2 heterocycles. The van der Waals surface area contributed by atoms with Crippen molar-refractivity contribution in [2.75, 3.05) is 0 Å². The molecular weight excluding hydrogens is 392 g/mol. The molecule has 2 aromatic heterocycles. The zero-order valence-corrected chi connectivity index (χ0v) is 16.3. The maximum Gasteiger partial charge on any atom is 0.363 e. The standard InChI is InChI=1S/C19H16Cl2FN3O2/c1-10-11(2)24-25(12(3)13-4-5-15(20)16(21)8-13)18(10)27-19(26)17-9-14(22)6-7-23-17/h4-9,12H,1-3H3. The molecule has 0 spiro atoms. The van der Waals surface area contributed by atoms with Gasteiger partial charge in [-0.1, -0.05) is 29.3 Å². The minimum Gasteiger partial charge on any atom is -0.403 e. The van der Waals surface area contributed by atoms with E-state index in [9.17, 15) is 9.18 Å². The fraction of sp³-hybridized carbons (Fsp3) is 0.211. The second-order valence-electron chi connectivity index (χ2n) is 6.06. The van der Waals surface area contributed by atoms with Crippen LogP contribution in [0.5, 0.6) is 5.88 Å². The summed E-state index contributed by atoms with van der Waals surface area (Å²) in [5.41, 5.74) is 2.12. The van der Waals surface area contributed by atoms with Gasteiger partial charge in [-0.2, -0.15) is 5.10 Å². The van der Waals surface area contributed by atoms with Gasteiger partial charge in [-0.25, -0.2) is 18.9 Å². The Morgan fingerprint density at radius 2 is 1.93 bits per heavy atom. The first-order valence-electron chi connectivity index (χ1n) is 8.12. The average molecular weight is 408 g/mol. The number of carbonyl (C=O) groups is 1. The molecular formula is C19H16Cl2FN3O2. The zero-order valence-electron chi connectivity index (χ0n) is 14.8. The van der Waals surface area contributed by atoms with Gasteiger partial charge in [0.1, 0.15) is 5.82 Å². The topological polar surface area (TPSA) is 57.0 Å². The number of nitrogens with zero attached hydrogens (tertiary/aromatic N) is 3. The molecule has 3 aromatic rings. The van der Waals surface area contributed by atoms with Gasteiger partial charge in [-0.3, -0.25) is 0 Å². The van der Waals surface area contributed by atoms with Crippen molar-refractivity contribution in [1.29, 1.82) is 0 Å². The molecule has 0 aliphatic rings. The second-order valence-corrected chi connectivity index (χ2v) is 6.87. The van der Waals surface area contributed by atoms with Crippen LogP contribution in [-0.2, 0) is 0 Å². The van der Waals surface area contributed by atoms with E-state index < -0.39 is 11.8 Å². The predicted molar refractivity (Wildman–Crippen MR) is 101 cm³/mol. The Kier molecular flexibility index (Phi) is 5.48. The van der Waals surface area contributed by atoms with Crippen molar-refractivity contribution in [3.63, 3.8) is 0 Å². The Bertz CT molecular complexity index is 1020. The highest BCUT2D eigenvalue weighted by molar-refractivity contribution is 6.42. The minimum absolute atomic E-state index is 0.123. The van der Waals surface area contributed by atoms with Gasteiger partial charge in [0, 0.05) is 17.8 Å². The molecule has 3 rings (SSSR count). The Morgan fingerprint density at radius 3 is 2.59 bits per heavy atom. The van der Waals surface area contributed by atoms with Gasteiger partial charge in [-0.15, -0.1) is 0 Å². The van der Waals surface area contributed by atoms with Gasteiger partial charge in [-0.05, 0) is 44.5 Å². The summed E-state index contributed by atoms with van der Waals surface area (Å²) in [4.78, 5) is 16.3. The summed E-state index contributed by atoms with van der Waals surface area (Å²) in [6.45, 7) is 5.50. The number of ether oxygens (including phenoxy) is 1. The van der Waals surface area contributed by atoms with E-state index in [1.54, 1.807) is 23.7 Å². The number of carbonyl (C=O) groups excluding carboxylic acids is 1. The summed E-state index contributed by atoms with van der Waals surface area (Å²) >= 11 is 12.1. The van der Waals surface area contributed by atoms with Gasteiger partial charge in [0.05, 0.1) is 21.8 Å². The van der Waals surface area contributed by atoms with Crippen molar-refractivity contribution in [1.82, 2.24) is 14.8 Å². The van der Waals surface area contributed by atoms with Crippen molar-refractivity contribution in [2.45, 2.75) is 26.8 Å². The number of pyridine rings is 1. The predicted octanol–water partition coefficient (Wildman–Crippen LogP) is 5.17. The highest BCUT2D eigenvalue weighted by atomic mass is 35.5. The molecule has 1 aromatic carbocycles. The molecule has 27 heavy (non-hydrogen) atoms. The largest absolute Gasteiger partial charge is 0.403 e. The molecule has 0 radical (unpaired) electrons. The zero-order chi connectivity index (χ0) is 19.7. The molecule has 0 aliphatic carbocycles. The van der Waals surface area contributed by atoms with E-state index in [0.717, 1.165) is 17.7 Å². The summed E-state index contributed by atoms with van der Waals surface area (Å²) in [6, 6.07) is 7.15. The maximum absolute atomic E-state index is 13.4. The van der Waals surface area contributed by atoms with Crippen LogP contribution < -0.4 is 4.74 Å². The molecule has 0 aliphatic heterocycles. The van der Waals surface area contributed by atoms with E-state index in [1.165, 1.54) is 6.20 Å². The summed E-state index contributed by atoms with van der Waals surface area (Å²) in [5, 5.41) is 5.34. The number of benzene rings is 1. The number of rotatable bonds is 4. The van der Waals surface area contributed by atoms with Gasteiger partial charge in [0.2, 0.25) is 5.88 Å².